The van der Waals surface area contributed by atoms with Crippen LogP contribution in [-0.4, -0.2) is 27.8 Å². The lowest BCUT2D eigenvalue weighted by Crippen LogP contribution is -2.33. The summed E-state index contributed by atoms with van der Waals surface area (Å²) in [5.41, 5.74) is 2.09. The lowest BCUT2D eigenvalue weighted by Gasteiger charge is -2.17. The molecule has 1 saturated carbocycles. The third kappa shape index (κ3) is 4.41. The largest absolute Gasteiger partial charge is 0.354 e. The number of para-hydroxylation sites is 1. The fraction of sp³-hybridized carbons (Fsp3) is 0.192. The first-order chi connectivity index (χ1) is 16.1. The Labute approximate surface area is 194 Å². The van der Waals surface area contributed by atoms with Crippen molar-refractivity contribution in [2.45, 2.75) is 23.4 Å². The van der Waals surface area contributed by atoms with E-state index in [0.29, 0.717) is 28.3 Å². The Hall–Kier alpha value is -3.45. The van der Waals surface area contributed by atoms with Crippen molar-refractivity contribution in [2.75, 3.05) is 12.3 Å². The Morgan fingerprint density at radius 1 is 1.00 bits per heavy atom. The summed E-state index contributed by atoms with van der Waals surface area (Å²) in [5, 5.41) is 3.91. The quantitative estimate of drug-likeness (QED) is 0.327. The SMILES string of the molecule is O=C(CSc1nc2ccccc2c(=O)n1-c1ccc(F)cc1)NCC1(c2ccccc2)CC1. The van der Waals surface area contributed by atoms with Crippen LogP contribution in [0.4, 0.5) is 4.39 Å². The number of hydrogen-bond acceptors (Lipinski definition) is 4. The Morgan fingerprint density at radius 2 is 1.70 bits per heavy atom. The summed E-state index contributed by atoms with van der Waals surface area (Å²) >= 11 is 1.20. The van der Waals surface area contributed by atoms with Gasteiger partial charge in [-0.05, 0) is 54.8 Å². The minimum Gasteiger partial charge on any atom is -0.354 e. The molecule has 0 bridgehead atoms. The van der Waals surface area contributed by atoms with Gasteiger partial charge in [0.15, 0.2) is 5.16 Å². The monoisotopic (exact) mass is 459 g/mol. The maximum absolute atomic E-state index is 13.5. The van der Waals surface area contributed by atoms with Gasteiger partial charge in [0.2, 0.25) is 5.91 Å². The van der Waals surface area contributed by atoms with E-state index in [9.17, 15) is 14.0 Å². The number of carbonyl (C=O) groups excluding carboxylic acids is 1. The minimum atomic E-state index is -0.387. The Balaban J connectivity index is 1.36. The predicted molar refractivity (Wildman–Crippen MR) is 128 cm³/mol. The van der Waals surface area contributed by atoms with Gasteiger partial charge in [0.1, 0.15) is 5.82 Å². The number of rotatable bonds is 7. The van der Waals surface area contributed by atoms with Crippen LogP contribution >= 0.6 is 11.8 Å². The molecule has 1 aromatic heterocycles. The van der Waals surface area contributed by atoms with Gasteiger partial charge in [-0.3, -0.25) is 14.2 Å². The lowest BCUT2D eigenvalue weighted by molar-refractivity contribution is -0.118. The third-order valence-corrected chi connectivity index (χ3v) is 6.96. The van der Waals surface area contributed by atoms with E-state index in [4.69, 9.17) is 0 Å². The second kappa shape index (κ2) is 8.83. The number of halogens is 1. The lowest BCUT2D eigenvalue weighted by atomic mass is 9.96. The van der Waals surface area contributed by atoms with Gasteiger partial charge in [0.05, 0.1) is 22.3 Å². The topological polar surface area (TPSA) is 64.0 Å². The van der Waals surface area contributed by atoms with E-state index in [1.54, 1.807) is 18.2 Å². The van der Waals surface area contributed by atoms with Gasteiger partial charge in [0, 0.05) is 12.0 Å². The summed E-state index contributed by atoms with van der Waals surface area (Å²) < 4.78 is 14.9. The third-order valence-electron chi connectivity index (χ3n) is 6.03. The molecule has 1 fully saturated rings. The van der Waals surface area contributed by atoms with Crippen molar-refractivity contribution in [3.8, 4) is 5.69 Å². The zero-order valence-corrected chi connectivity index (χ0v) is 18.6. The number of nitrogens with zero attached hydrogens (tertiary/aromatic N) is 2. The molecular formula is C26H22FN3O2S. The van der Waals surface area contributed by atoms with Gasteiger partial charge in [-0.1, -0.05) is 54.2 Å². The first-order valence-corrected chi connectivity index (χ1v) is 11.8. The normalized spacial score (nSPS) is 14.2. The number of aromatic nitrogens is 2. The average molecular weight is 460 g/mol. The number of hydrogen-bond donors (Lipinski definition) is 1. The summed E-state index contributed by atoms with van der Waals surface area (Å²) in [6, 6.07) is 23.0. The molecule has 1 amide bonds. The molecule has 0 atom stereocenters. The van der Waals surface area contributed by atoms with Crippen LogP contribution in [0.3, 0.4) is 0 Å². The molecule has 5 rings (SSSR count). The van der Waals surface area contributed by atoms with Gasteiger partial charge >= 0.3 is 0 Å². The molecular weight excluding hydrogens is 437 g/mol. The Bertz CT molecular complexity index is 1370. The average Bonchev–Trinajstić information content (AvgIpc) is 3.64. The van der Waals surface area contributed by atoms with E-state index in [1.807, 2.05) is 24.3 Å². The molecule has 1 aliphatic carbocycles. The fourth-order valence-electron chi connectivity index (χ4n) is 3.99. The van der Waals surface area contributed by atoms with Crippen molar-refractivity contribution in [1.29, 1.82) is 0 Å². The fourth-order valence-corrected chi connectivity index (χ4v) is 4.83. The van der Waals surface area contributed by atoms with Crippen LogP contribution < -0.4 is 10.9 Å². The van der Waals surface area contributed by atoms with Gasteiger partial charge in [-0.2, -0.15) is 0 Å². The maximum Gasteiger partial charge on any atom is 0.266 e. The molecule has 3 aromatic carbocycles. The van der Waals surface area contributed by atoms with Crippen LogP contribution in [0.1, 0.15) is 18.4 Å². The summed E-state index contributed by atoms with van der Waals surface area (Å²) in [7, 11) is 0. The van der Waals surface area contributed by atoms with Gasteiger partial charge in [-0.15, -0.1) is 0 Å². The van der Waals surface area contributed by atoms with Crippen molar-refractivity contribution in [2.24, 2.45) is 0 Å². The summed E-state index contributed by atoms with van der Waals surface area (Å²) in [5.74, 6) is -0.381. The first kappa shape index (κ1) is 21.4. The van der Waals surface area contributed by atoms with Crippen LogP contribution in [0, 0.1) is 5.82 Å². The molecule has 166 valence electrons. The summed E-state index contributed by atoms with van der Waals surface area (Å²) in [6.45, 7) is 0.590. The second-order valence-electron chi connectivity index (χ2n) is 8.24. The van der Waals surface area contributed by atoms with Crippen molar-refractivity contribution >= 4 is 28.6 Å². The van der Waals surface area contributed by atoms with Gasteiger partial charge < -0.3 is 5.32 Å². The van der Waals surface area contributed by atoms with Crippen LogP contribution in [0.15, 0.2) is 88.8 Å². The number of benzene rings is 3. The van der Waals surface area contributed by atoms with Crippen molar-refractivity contribution in [3.05, 3.63) is 101 Å². The zero-order valence-electron chi connectivity index (χ0n) is 17.8. The molecule has 5 nitrogen and oxygen atoms in total. The predicted octanol–water partition coefficient (Wildman–Crippen LogP) is 4.46. The van der Waals surface area contributed by atoms with Crippen LogP contribution in [0.5, 0.6) is 0 Å². The molecule has 7 heteroatoms. The van der Waals surface area contributed by atoms with Crippen molar-refractivity contribution in [1.82, 2.24) is 14.9 Å². The van der Waals surface area contributed by atoms with Crippen LogP contribution in [0.2, 0.25) is 0 Å². The summed E-state index contributed by atoms with van der Waals surface area (Å²) in [6.07, 6.45) is 2.11. The van der Waals surface area contributed by atoms with E-state index in [0.717, 1.165) is 12.8 Å². The van der Waals surface area contributed by atoms with Crippen molar-refractivity contribution < 1.29 is 9.18 Å². The molecule has 0 radical (unpaired) electrons. The van der Waals surface area contributed by atoms with Crippen LogP contribution in [-0.2, 0) is 10.2 Å². The smallest absolute Gasteiger partial charge is 0.266 e. The van der Waals surface area contributed by atoms with E-state index in [1.165, 1.54) is 46.2 Å². The molecule has 0 unspecified atom stereocenters. The van der Waals surface area contributed by atoms with E-state index < -0.39 is 0 Å². The molecule has 0 aliphatic heterocycles. The zero-order chi connectivity index (χ0) is 22.8. The number of fused-ring (bicyclic) bond motifs is 1. The molecule has 1 aliphatic rings. The highest BCUT2D eigenvalue weighted by Crippen LogP contribution is 2.47. The molecule has 0 spiro atoms. The summed E-state index contributed by atoms with van der Waals surface area (Å²) in [4.78, 5) is 30.5. The molecule has 33 heavy (non-hydrogen) atoms. The van der Waals surface area contributed by atoms with Gasteiger partial charge in [0.25, 0.3) is 5.56 Å². The van der Waals surface area contributed by atoms with Gasteiger partial charge in [-0.25, -0.2) is 9.37 Å². The minimum absolute atomic E-state index is 0.0268. The van der Waals surface area contributed by atoms with Crippen molar-refractivity contribution in [3.63, 3.8) is 0 Å². The molecule has 1 N–H and O–H groups in total. The highest BCUT2D eigenvalue weighted by atomic mass is 32.2. The molecule has 0 saturated heterocycles. The molecule has 4 aromatic rings. The Kier molecular flexibility index (Phi) is 5.72. The van der Waals surface area contributed by atoms with Crippen LogP contribution in [0.25, 0.3) is 16.6 Å². The van der Waals surface area contributed by atoms with E-state index >= 15 is 0 Å². The standard InChI is InChI=1S/C26H22FN3O2S/c27-19-10-12-20(13-11-19)30-24(32)21-8-4-5-9-22(21)29-25(30)33-16-23(31)28-17-26(14-15-26)18-6-2-1-3-7-18/h1-13H,14-17H2,(H,28,31). The highest BCUT2D eigenvalue weighted by molar-refractivity contribution is 7.99. The number of carbonyl (C=O) groups is 1. The van der Waals surface area contributed by atoms with E-state index in [-0.39, 0.29) is 28.5 Å². The second-order valence-corrected chi connectivity index (χ2v) is 9.18. The molecule has 1 heterocycles. The Morgan fingerprint density at radius 3 is 2.42 bits per heavy atom. The number of thioether (sulfide) groups is 1. The number of amides is 1. The first-order valence-electron chi connectivity index (χ1n) is 10.8. The maximum atomic E-state index is 13.5. The highest BCUT2D eigenvalue weighted by Gasteiger charge is 2.44. The van der Waals surface area contributed by atoms with E-state index in [2.05, 4.69) is 22.4 Å². The number of nitrogens with one attached hydrogen (secondary N) is 1.